The summed E-state index contributed by atoms with van der Waals surface area (Å²) in [5, 5.41) is 13.1. The summed E-state index contributed by atoms with van der Waals surface area (Å²) in [5.41, 5.74) is 3.24. The Bertz CT molecular complexity index is 831. The summed E-state index contributed by atoms with van der Waals surface area (Å²) in [6.07, 6.45) is 8.14. The average Bonchev–Trinajstić information content (AvgIpc) is 2.65. The zero-order valence-electron chi connectivity index (χ0n) is 17.3. The lowest BCUT2D eigenvalue weighted by Crippen LogP contribution is -2.45. The Kier molecular flexibility index (Phi) is 6.05. The van der Waals surface area contributed by atoms with Gasteiger partial charge in [0.15, 0.2) is 0 Å². The van der Waals surface area contributed by atoms with Crippen LogP contribution in [0, 0.1) is 11.3 Å². The van der Waals surface area contributed by atoms with E-state index in [1.807, 2.05) is 12.1 Å². The lowest BCUT2D eigenvalue weighted by Gasteiger charge is -2.45. The van der Waals surface area contributed by atoms with Gasteiger partial charge < -0.3 is 10.2 Å². The van der Waals surface area contributed by atoms with E-state index < -0.39 is 0 Å². The maximum Gasteiger partial charge on any atom is 0.262 e. The highest BCUT2D eigenvalue weighted by Crippen LogP contribution is 2.44. The summed E-state index contributed by atoms with van der Waals surface area (Å²) in [7, 11) is 2.09. The Hall–Kier alpha value is -1.99. The van der Waals surface area contributed by atoms with E-state index in [1.54, 1.807) is 6.08 Å². The van der Waals surface area contributed by atoms with Crippen LogP contribution in [0.5, 0.6) is 0 Å². The van der Waals surface area contributed by atoms with Gasteiger partial charge in [0.25, 0.3) is 5.91 Å². The second-order valence-electron chi connectivity index (χ2n) is 8.89. The molecule has 1 fully saturated rings. The zero-order valence-corrected chi connectivity index (χ0v) is 18.1. The highest BCUT2D eigenvalue weighted by atomic mass is 35.5. The van der Waals surface area contributed by atoms with Gasteiger partial charge in [-0.05, 0) is 68.4 Å². The van der Waals surface area contributed by atoms with Crippen LogP contribution >= 0.6 is 11.6 Å². The normalized spacial score (nSPS) is 22.4. The van der Waals surface area contributed by atoms with Crippen LogP contribution < -0.4 is 10.2 Å². The Morgan fingerprint density at radius 2 is 2.00 bits per heavy atom. The molecule has 1 saturated carbocycles. The Morgan fingerprint density at radius 1 is 1.32 bits per heavy atom. The summed E-state index contributed by atoms with van der Waals surface area (Å²) < 4.78 is 0. The predicted molar refractivity (Wildman–Crippen MR) is 116 cm³/mol. The first-order chi connectivity index (χ1) is 13.2. The molecule has 0 saturated heterocycles. The number of nitrogens with zero attached hydrogens (tertiary/aromatic N) is 2. The fourth-order valence-corrected chi connectivity index (χ4v) is 4.74. The second kappa shape index (κ2) is 8.17. The molecule has 5 heteroatoms. The van der Waals surface area contributed by atoms with Crippen LogP contribution in [0.2, 0.25) is 5.02 Å². The number of benzene rings is 1. The van der Waals surface area contributed by atoms with Crippen LogP contribution in [0.3, 0.4) is 0 Å². The zero-order chi connectivity index (χ0) is 20.5. The van der Waals surface area contributed by atoms with Gasteiger partial charge in [-0.2, -0.15) is 5.26 Å². The quantitative estimate of drug-likeness (QED) is 0.545. The van der Waals surface area contributed by atoms with Crippen molar-refractivity contribution in [2.24, 2.45) is 0 Å². The molecule has 0 bridgehead atoms. The maximum atomic E-state index is 12.6. The standard InChI is InChI=1S/C23H30ClN3O/c1-15-13-23(2,3)27(4)21-12-20(24)16(11-19(15)21)10-17(14-25)22(28)26-18-8-6-5-7-9-18/h10-12,15,18H,5-9,13H2,1-4H3,(H,26,28)/b17-10+. The molecule has 150 valence electrons. The molecule has 1 N–H and O–H groups in total. The molecule has 4 nitrogen and oxygen atoms in total. The summed E-state index contributed by atoms with van der Waals surface area (Å²) in [6.45, 7) is 6.69. The Labute approximate surface area is 173 Å². The molecule has 3 rings (SSSR count). The lowest BCUT2D eigenvalue weighted by atomic mass is 9.80. The van der Waals surface area contributed by atoms with E-state index >= 15 is 0 Å². The van der Waals surface area contributed by atoms with E-state index in [2.05, 4.69) is 44.1 Å². The molecule has 0 radical (unpaired) electrons. The number of carbonyl (C=O) groups is 1. The van der Waals surface area contributed by atoms with Crippen molar-refractivity contribution in [1.29, 1.82) is 5.26 Å². The maximum absolute atomic E-state index is 12.6. The van der Waals surface area contributed by atoms with E-state index in [4.69, 9.17) is 11.6 Å². The number of hydrogen-bond acceptors (Lipinski definition) is 3. The number of carbonyl (C=O) groups excluding carboxylic acids is 1. The van der Waals surface area contributed by atoms with Gasteiger partial charge in [-0.25, -0.2) is 0 Å². The Balaban J connectivity index is 1.89. The molecule has 0 spiro atoms. The largest absolute Gasteiger partial charge is 0.369 e. The molecule has 1 atom stereocenters. The van der Waals surface area contributed by atoms with Crippen LogP contribution in [0.25, 0.3) is 6.08 Å². The Morgan fingerprint density at radius 3 is 2.64 bits per heavy atom. The fourth-order valence-electron chi connectivity index (χ4n) is 4.53. The van der Waals surface area contributed by atoms with Gasteiger partial charge >= 0.3 is 0 Å². The van der Waals surface area contributed by atoms with Crippen molar-refractivity contribution in [3.8, 4) is 6.07 Å². The SMILES string of the molecule is CC1CC(C)(C)N(C)c2cc(Cl)c(/C=C(\C#N)C(=O)NC3CCCCC3)cc21. The summed E-state index contributed by atoms with van der Waals surface area (Å²) in [4.78, 5) is 14.9. The van der Waals surface area contributed by atoms with Crippen molar-refractivity contribution in [3.63, 3.8) is 0 Å². The van der Waals surface area contributed by atoms with Gasteiger partial charge in [-0.15, -0.1) is 0 Å². The molecular weight excluding hydrogens is 370 g/mol. The average molecular weight is 400 g/mol. The highest BCUT2D eigenvalue weighted by molar-refractivity contribution is 6.32. The first kappa shape index (κ1) is 20.7. The van der Waals surface area contributed by atoms with Crippen LogP contribution in [0.1, 0.15) is 76.3 Å². The summed E-state index contributed by atoms with van der Waals surface area (Å²) in [5.74, 6) is 0.0849. The number of fused-ring (bicyclic) bond motifs is 1. The van der Waals surface area contributed by atoms with E-state index in [-0.39, 0.29) is 23.1 Å². The van der Waals surface area contributed by atoms with Gasteiger partial charge in [0.2, 0.25) is 0 Å². The van der Waals surface area contributed by atoms with Crippen molar-refractivity contribution in [1.82, 2.24) is 5.32 Å². The molecule has 1 aliphatic carbocycles. The van der Waals surface area contributed by atoms with E-state index in [0.29, 0.717) is 10.9 Å². The molecule has 0 aromatic heterocycles. The first-order valence-corrected chi connectivity index (χ1v) is 10.6. The monoisotopic (exact) mass is 399 g/mol. The van der Waals surface area contributed by atoms with Crippen molar-refractivity contribution in [2.45, 2.75) is 76.8 Å². The third-order valence-electron chi connectivity index (χ3n) is 6.36. The minimum absolute atomic E-state index is 0.0603. The molecule has 28 heavy (non-hydrogen) atoms. The molecular formula is C23H30ClN3O. The van der Waals surface area contributed by atoms with Crippen LogP contribution in [-0.4, -0.2) is 24.5 Å². The first-order valence-electron chi connectivity index (χ1n) is 10.2. The molecule has 1 heterocycles. The molecule has 1 aromatic carbocycles. The van der Waals surface area contributed by atoms with Crippen molar-refractivity contribution in [2.75, 3.05) is 11.9 Å². The van der Waals surface area contributed by atoms with E-state index in [1.165, 1.54) is 12.0 Å². The van der Waals surface area contributed by atoms with Gasteiger partial charge in [0.05, 0.1) is 0 Å². The van der Waals surface area contributed by atoms with Crippen molar-refractivity contribution in [3.05, 3.63) is 33.9 Å². The summed E-state index contributed by atoms with van der Waals surface area (Å²) >= 11 is 6.55. The molecule has 1 amide bonds. The summed E-state index contributed by atoms with van der Waals surface area (Å²) in [6, 6.07) is 6.24. The van der Waals surface area contributed by atoms with E-state index in [0.717, 1.165) is 43.4 Å². The topological polar surface area (TPSA) is 56.1 Å². The van der Waals surface area contributed by atoms with Crippen LogP contribution in [0.15, 0.2) is 17.7 Å². The number of rotatable bonds is 3. The molecule has 2 aliphatic rings. The van der Waals surface area contributed by atoms with Crippen molar-refractivity contribution < 1.29 is 4.79 Å². The van der Waals surface area contributed by atoms with Gasteiger partial charge in [-0.1, -0.05) is 37.8 Å². The lowest BCUT2D eigenvalue weighted by molar-refractivity contribution is -0.117. The fraction of sp³-hybridized carbons (Fsp3) is 0.565. The number of amides is 1. The third kappa shape index (κ3) is 4.20. The minimum atomic E-state index is -0.297. The van der Waals surface area contributed by atoms with Crippen LogP contribution in [0.4, 0.5) is 5.69 Å². The number of nitriles is 1. The number of anilines is 1. The number of hydrogen-bond donors (Lipinski definition) is 1. The third-order valence-corrected chi connectivity index (χ3v) is 6.68. The number of nitrogens with one attached hydrogen (secondary N) is 1. The predicted octanol–water partition coefficient (Wildman–Crippen LogP) is 5.42. The smallest absolute Gasteiger partial charge is 0.262 e. The second-order valence-corrected chi connectivity index (χ2v) is 9.29. The van der Waals surface area contributed by atoms with Gasteiger partial charge in [0, 0.05) is 29.3 Å². The van der Waals surface area contributed by atoms with Crippen molar-refractivity contribution >= 4 is 29.3 Å². The highest BCUT2D eigenvalue weighted by Gasteiger charge is 2.34. The van der Waals surface area contributed by atoms with Gasteiger partial charge in [-0.3, -0.25) is 4.79 Å². The van der Waals surface area contributed by atoms with E-state index in [9.17, 15) is 10.1 Å². The molecule has 1 aromatic rings. The minimum Gasteiger partial charge on any atom is -0.369 e. The molecule has 1 unspecified atom stereocenters. The van der Waals surface area contributed by atoms with Gasteiger partial charge in [0.1, 0.15) is 11.6 Å². The molecule has 1 aliphatic heterocycles. The number of halogens is 1. The van der Waals surface area contributed by atoms with Crippen LogP contribution in [-0.2, 0) is 4.79 Å².